The summed E-state index contributed by atoms with van der Waals surface area (Å²) in [5, 5.41) is 18.5. The molecule has 0 unspecified atom stereocenters. The molecule has 5 nitrogen and oxygen atoms in total. The molecule has 0 aliphatic rings. The van der Waals surface area contributed by atoms with E-state index in [1.165, 1.54) is 25.3 Å². The van der Waals surface area contributed by atoms with Crippen molar-refractivity contribution >= 4 is 18.4 Å². The van der Waals surface area contributed by atoms with Crippen molar-refractivity contribution < 1.29 is 19.7 Å². The first kappa shape index (κ1) is 13.5. The summed E-state index contributed by atoms with van der Waals surface area (Å²) < 4.78 is 4.40. The molecule has 1 atom stereocenters. The van der Waals surface area contributed by atoms with Gasteiger partial charge in [0.05, 0.1) is 7.11 Å². The maximum atomic E-state index is 11.0. The Labute approximate surface area is 92.9 Å². The van der Waals surface area contributed by atoms with Crippen molar-refractivity contribution in [1.82, 2.24) is 0 Å². The summed E-state index contributed by atoms with van der Waals surface area (Å²) >= 11 is 0. The van der Waals surface area contributed by atoms with Gasteiger partial charge in [0, 0.05) is 5.56 Å². The minimum Gasteiger partial charge on any atom is -0.504 e. The van der Waals surface area contributed by atoms with E-state index in [1.54, 1.807) is 0 Å². The number of para-hydroxylation sites is 1. The summed E-state index contributed by atoms with van der Waals surface area (Å²) in [5.74, 6) is -1.39. The van der Waals surface area contributed by atoms with E-state index in [-0.39, 0.29) is 23.7 Å². The average Bonchev–Trinajstić information content (AvgIpc) is 2.20. The molecule has 0 saturated heterocycles. The van der Waals surface area contributed by atoms with Crippen LogP contribution in [0, 0.1) is 0 Å². The van der Waals surface area contributed by atoms with Crippen LogP contribution in [-0.2, 0) is 9.53 Å². The third kappa shape index (κ3) is 2.74. The van der Waals surface area contributed by atoms with Gasteiger partial charge in [0.15, 0.2) is 11.5 Å². The molecule has 0 heterocycles. The molecule has 0 amide bonds. The van der Waals surface area contributed by atoms with E-state index in [0.717, 1.165) is 0 Å². The number of hydrogen-bond acceptors (Lipinski definition) is 5. The Bertz CT molecular complexity index is 356. The van der Waals surface area contributed by atoms with E-state index < -0.39 is 17.8 Å². The van der Waals surface area contributed by atoms with Crippen LogP contribution in [0.4, 0.5) is 0 Å². The molecule has 0 aliphatic heterocycles. The van der Waals surface area contributed by atoms with Crippen LogP contribution < -0.4 is 5.73 Å². The second-order valence-electron chi connectivity index (χ2n) is 2.72. The number of carbonyl (C=O) groups excluding carboxylic acids is 1. The van der Waals surface area contributed by atoms with Crippen molar-refractivity contribution in [2.75, 3.05) is 7.11 Å². The van der Waals surface area contributed by atoms with Crippen LogP contribution in [0.2, 0.25) is 0 Å². The molecule has 1 aromatic rings. The van der Waals surface area contributed by atoms with Gasteiger partial charge in [-0.2, -0.15) is 0 Å². The van der Waals surface area contributed by atoms with Crippen molar-refractivity contribution in [1.29, 1.82) is 0 Å². The normalized spacial score (nSPS) is 11.3. The monoisotopic (exact) mass is 233 g/mol. The molecule has 0 fully saturated rings. The van der Waals surface area contributed by atoms with Crippen molar-refractivity contribution in [2.24, 2.45) is 5.73 Å². The number of rotatable bonds is 2. The first-order valence-electron chi connectivity index (χ1n) is 3.92. The Kier molecular flexibility index (Phi) is 4.90. The van der Waals surface area contributed by atoms with E-state index in [1.807, 2.05) is 0 Å². The van der Waals surface area contributed by atoms with Gasteiger partial charge < -0.3 is 20.7 Å². The third-order valence-corrected chi connectivity index (χ3v) is 1.84. The number of halogens is 1. The van der Waals surface area contributed by atoms with Crippen LogP contribution >= 0.6 is 12.4 Å². The van der Waals surface area contributed by atoms with Gasteiger partial charge in [0.1, 0.15) is 6.04 Å². The van der Waals surface area contributed by atoms with E-state index >= 15 is 0 Å². The highest BCUT2D eigenvalue weighted by Gasteiger charge is 2.20. The Morgan fingerprint density at radius 2 is 2.07 bits per heavy atom. The lowest BCUT2D eigenvalue weighted by atomic mass is 10.1. The number of benzene rings is 1. The molecule has 0 bridgehead atoms. The average molecular weight is 234 g/mol. The molecule has 0 spiro atoms. The summed E-state index contributed by atoms with van der Waals surface area (Å²) in [5.41, 5.74) is 5.61. The van der Waals surface area contributed by atoms with Crippen molar-refractivity contribution in [3.63, 3.8) is 0 Å². The van der Waals surface area contributed by atoms with Gasteiger partial charge in [-0.3, -0.25) is 4.79 Å². The number of hydrogen-bond donors (Lipinski definition) is 3. The first-order chi connectivity index (χ1) is 6.57. The SMILES string of the molecule is COC(=O)[C@@H](N)c1cccc(O)c1O.Cl. The van der Waals surface area contributed by atoms with Gasteiger partial charge >= 0.3 is 5.97 Å². The highest BCUT2D eigenvalue weighted by Crippen LogP contribution is 2.31. The predicted molar refractivity (Wildman–Crippen MR) is 56.0 cm³/mol. The fraction of sp³-hybridized carbons (Fsp3) is 0.222. The Morgan fingerprint density at radius 1 is 1.47 bits per heavy atom. The van der Waals surface area contributed by atoms with Crippen LogP contribution in [0.25, 0.3) is 0 Å². The molecule has 0 saturated carbocycles. The largest absolute Gasteiger partial charge is 0.504 e. The number of phenols is 2. The van der Waals surface area contributed by atoms with E-state index in [2.05, 4.69) is 4.74 Å². The zero-order chi connectivity index (χ0) is 10.7. The fourth-order valence-corrected chi connectivity index (χ4v) is 1.05. The summed E-state index contributed by atoms with van der Waals surface area (Å²) in [6.07, 6.45) is 0. The third-order valence-electron chi connectivity index (χ3n) is 1.84. The maximum absolute atomic E-state index is 11.0. The zero-order valence-corrected chi connectivity index (χ0v) is 8.82. The number of methoxy groups -OCH3 is 1. The summed E-state index contributed by atoms with van der Waals surface area (Å²) in [6, 6.07) is 3.12. The van der Waals surface area contributed by atoms with E-state index in [4.69, 9.17) is 10.8 Å². The lowest BCUT2D eigenvalue weighted by molar-refractivity contribution is -0.142. The number of phenolic OH excluding ortho intramolecular Hbond substituents is 2. The second kappa shape index (κ2) is 5.43. The number of aromatic hydroxyl groups is 2. The van der Waals surface area contributed by atoms with Gasteiger partial charge in [-0.15, -0.1) is 12.4 Å². The molecule has 1 aromatic carbocycles. The topological polar surface area (TPSA) is 92.8 Å². The summed E-state index contributed by atoms with van der Waals surface area (Å²) in [7, 11) is 1.20. The highest BCUT2D eigenvalue weighted by atomic mass is 35.5. The molecule has 84 valence electrons. The molecule has 1 rings (SSSR count). The molecular weight excluding hydrogens is 222 g/mol. The van der Waals surface area contributed by atoms with Gasteiger partial charge in [-0.25, -0.2) is 0 Å². The Balaban J connectivity index is 0.00000196. The first-order valence-corrected chi connectivity index (χ1v) is 3.92. The molecule has 0 radical (unpaired) electrons. The molecule has 15 heavy (non-hydrogen) atoms. The van der Waals surface area contributed by atoms with Crippen LogP contribution in [0.1, 0.15) is 11.6 Å². The minimum absolute atomic E-state index is 0. The predicted octanol–water partition coefficient (Wildman–Crippen LogP) is 0.692. The van der Waals surface area contributed by atoms with E-state index in [9.17, 15) is 9.90 Å². The second-order valence-corrected chi connectivity index (χ2v) is 2.72. The van der Waals surface area contributed by atoms with Crippen LogP contribution in [0.5, 0.6) is 11.5 Å². The standard InChI is InChI=1S/C9H11NO4.ClH/c1-14-9(13)7(10)5-3-2-4-6(11)8(5)12;/h2-4,7,11-12H,10H2,1H3;1H/t7-;/m0./s1. The fourth-order valence-electron chi connectivity index (χ4n) is 1.05. The van der Waals surface area contributed by atoms with Gasteiger partial charge in [0.2, 0.25) is 0 Å². The molecule has 6 heteroatoms. The van der Waals surface area contributed by atoms with Gasteiger partial charge in [0.25, 0.3) is 0 Å². The molecular formula is C9H12ClNO4. The lowest BCUT2D eigenvalue weighted by Crippen LogP contribution is -2.22. The summed E-state index contributed by atoms with van der Waals surface area (Å²) in [6.45, 7) is 0. The van der Waals surface area contributed by atoms with Gasteiger partial charge in [-0.05, 0) is 6.07 Å². The van der Waals surface area contributed by atoms with Crippen LogP contribution in [0.15, 0.2) is 18.2 Å². The highest BCUT2D eigenvalue weighted by molar-refractivity contribution is 5.85. The van der Waals surface area contributed by atoms with Crippen LogP contribution in [0.3, 0.4) is 0 Å². The lowest BCUT2D eigenvalue weighted by Gasteiger charge is -2.11. The van der Waals surface area contributed by atoms with E-state index in [0.29, 0.717) is 0 Å². The quantitative estimate of drug-likeness (QED) is 0.516. The number of esters is 1. The number of nitrogens with two attached hydrogens (primary N) is 1. The Morgan fingerprint density at radius 3 is 2.60 bits per heavy atom. The zero-order valence-electron chi connectivity index (χ0n) is 8.01. The van der Waals surface area contributed by atoms with Crippen LogP contribution in [-0.4, -0.2) is 23.3 Å². The molecule has 0 aliphatic carbocycles. The van der Waals surface area contributed by atoms with Crippen molar-refractivity contribution in [3.8, 4) is 11.5 Å². The minimum atomic E-state index is -1.09. The number of carbonyl (C=O) groups is 1. The van der Waals surface area contributed by atoms with Gasteiger partial charge in [-0.1, -0.05) is 12.1 Å². The molecule has 0 aromatic heterocycles. The summed E-state index contributed by atoms with van der Waals surface area (Å²) in [4.78, 5) is 11.0. The van der Waals surface area contributed by atoms with Crippen molar-refractivity contribution in [2.45, 2.75) is 6.04 Å². The number of ether oxygens (including phenoxy) is 1. The Hall–Kier alpha value is -1.46. The van der Waals surface area contributed by atoms with Crippen molar-refractivity contribution in [3.05, 3.63) is 23.8 Å². The smallest absolute Gasteiger partial charge is 0.327 e. The molecule has 4 N–H and O–H groups in total. The maximum Gasteiger partial charge on any atom is 0.327 e.